The van der Waals surface area contributed by atoms with E-state index in [0.717, 1.165) is 68.9 Å². The number of hydrogen-bond donors (Lipinski definition) is 2. The molecule has 0 amide bonds. The summed E-state index contributed by atoms with van der Waals surface area (Å²) in [7, 11) is 3.01. The molecule has 0 aliphatic carbocycles. The number of piperidine rings is 1. The molecule has 6 rings (SSSR count). The Morgan fingerprint density at radius 1 is 0.959 bits per heavy atom. The van der Waals surface area contributed by atoms with Crippen molar-refractivity contribution >= 4 is 57.2 Å². The van der Waals surface area contributed by atoms with E-state index in [2.05, 4.69) is 70.5 Å². The summed E-state index contributed by atoms with van der Waals surface area (Å²) in [5.74, 6) is 0.989. The smallest absolute Gasteiger partial charge is 0.229 e. The quantitative estimate of drug-likeness (QED) is 0.188. The van der Waals surface area contributed by atoms with Crippen LogP contribution in [-0.2, 0) is 11.6 Å². The standard InChI is InChI=1S/C35H46BrFN9O2P/c1-22-23(2)33(49(6,7)47)30(17-28(22)37)40-34-27(36)20-38-35(42-34)41-29-16-26(24-19-39-44(4)21-24)31(18-32(29)48-5)46-10-8-25(9-11-46)45-14-12-43(3)13-15-45/h16-21,25H,8-15H2,1-7H3,(H2,38,40,41,42). The molecule has 0 radical (unpaired) electrons. The number of nitrogens with zero attached hydrogens (tertiary/aromatic N) is 7. The van der Waals surface area contributed by atoms with Gasteiger partial charge in [0.1, 0.15) is 24.5 Å². The van der Waals surface area contributed by atoms with Crippen LogP contribution in [0.1, 0.15) is 24.0 Å². The number of rotatable bonds is 9. The van der Waals surface area contributed by atoms with Crippen LogP contribution in [0.5, 0.6) is 5.75 Å². The average molecular weight is 755 g/mol. The maximum absolute atomic E-state index is 14.9. The van der Waals surface area contributed by atoms with Crippen molar-refractivity contribution in [1.29, 1.82) is 0 Å². The van der Waals surface area contributed by atoms with Gasteiger partial charge >= 0.3 is 0 Å². The summed E-state index contributed by atoms with van der Waals surface area (Å²) >= 11 is 3.54. The third-order valence-corrected chi connectivity index (χ3v) is 12.0. The van der Waals surface area contributed by atoms with E-state index < -0.39 is 7.14 Å². The number of hydrogen-bond acceptors (Lipinski definition) is 10. The van der Waals surface area contributed by atoms with Crippen LogP contribution in [0, 0.1) is 19.7 Å². The van der Waals surface area contributed by atoms with Crippen LogP contribution in [-0.4, -0.2) is 102 Å². The molecule has 4 heterocycles. The van der Waals surface area contributed by atoms with Gasteiger partial charge in [0.05, 0.1) is 29.2 Å². The number of aryl methyl sites for hydroxylation is 1. The number of nitrogens with one attached hydrogen (secondary N) is 2. The molecule has 0 spiro atoms. The van der Waals surface area contributed by atoms with Crippen LogP contribution in [0.4, 0.5) is 33.2 Å². The Bertz CT molecular complexity index is 1880. The molecule has 2 aliphatic heterocycles. The van der Waals surface area contributed by atoms with E-state index >= 15 is 0 Å². The van der Waals surface area contributed by atoms with E-state index in [-0.39, 0.29) is 5.82 Å². The minimum absolute atomic E-state index is 0.309. The van der Waals surface area contributed by atoms with Crippen LogP contribution in [0.15, 0.2) is 41.3 Å². The molecule has 0 bridgehead atoms. The summed E-state index contributed by atoms with van der Waals surface area (Å²) in [6, 6.07) is 6.14. The first-order valence-electron chi connectivity index (χ1n) is 16.6. The number of anilines is 5. The van der Waals surface area contributed by atoms with Crippen molar-refractivity contribution in [1.82, 2.24) is 29.5 Å². The normalized spacial score (nSPS) is 16.6. The molecule has 2 aliphatic rings. The lowest BCUT2D eigenvalue weighted by atomic mass is 9.98. The predicted molar refractivity (Wildman–Crippen MR) is 201 cm³/mol. The van der Waals surface area contributed by atoms with Gasteiger partial charge in [-0.15, -0.1) is 0 Å². The van der Waals surface area contributed by atoms with Gasteiger partial charge in [0.2, 0.25) is 5.95 Å². The van der Waals surface area contributed by atoms with Crippen molar-refractivity contribution in [3.8, 4) is 16.9 Å². The first-order chi connectivity index (χ1) is 23.3. The molecule has 0 unspecified atom stereocenters. The highest BCUT2D eigenvalue weighted by atomic mass is 79.9. The Kier molecular flexibility index (Phi) is 10.4. The van der Waals surface area contributed by atoms with Gasteiger partial charge in [-0.25, -0.2) is 9.37 Å². The first-order valence-corrected chi connectivity index (χ1v) is 20.0. The molecule has 0 saturated carbocycles. The second kappa shape index (κ2) is 14.4. The molecule has 2 aromatic carbocycles. The minimum atomic E-state index is -2.77. The monoisotopic (exact) mass is 753 g/mol. The van der Waals surface area contributed by atoms with E-state index in [0.29, 0.717) is 55.8 Å². The van der Waals surface area contributed by atoms with Gasteiger partial charge in [0, 0.05) is 92.9 Å². The highest BCUT2D eigenvalue weighted by Gasteiger charge is 2.29. The molecule has 49 heavy (non-hydrogen) atoms. The molecule has 2 N–H and O–H groups in total. The Morgan fingerprint density at radius 2 is 1.67 bits per heavy atom. The van der Waals surface area contributed by atoms with Crippen molar-refractivity contribution < 1.29 is 13.7 Å². The Hall–Kier alpha value is -3.51. The van der Waals surface area contributed by atoms with Crippen LogP contribution >= 0.6 is 23.1 Å². The summed E-state index contributed by atoms with van der Waals surface area (Å²) in [5.41, 5.74) is 5.37. The number of methoxy groups -OCH3 is 1. The second-order valence-electron chi connectivity index (χ2n) is 13.5. The van der Waals surface area contributed by atoms with E-state index in [9.17, 15) is 8.96 Å². The number of halogens is 2. The largest absolute Gasteiger partial charge is 0.494 e. The fourth-order valence-corrected chi connectivity index (χ4v) is 8.93. The highest BCUT2D eigenvalue weighted by Crippen LogP contribution is 2.43. The van der Waals surface area contributed by atoms with Gasteiger partial charge in [-0.2, -0.15) is 10.1 Å². The van der Waals surface area contributed by atoms with Crippen LogP contribution in [0.2, 0.25) is 0 Å². The number of likely N-dealkylation sites (N-methyl/N-ethyl adjacent to an activating group) is 1. The molecule has 14 heteroatoms. The van der Waals surface area contributed by atoms with Gasteiger partial charge in [-0.05, 0) is 86.3 Å². The fraction of sp³-hybridized carbons (Fsp3) is 0.457. The molecule has 11 nitrogen and oxygen atoms in total. The summed E-state index contributed by atoms with van der Waals surface area (Å²) in [5, 5.41) is 11.7. The van der Waals surface area contributed by atoms with Crippen LogP contribution in [0.25, 0.3) is 11.1 Å². The maximum atomic E-state index is 14.9. The fourth-order valence-electron chi connectivity index (χ4n) is 6.96. The Morgan fingerprint density at radius 3 is 2.31 bits per heavy atom. The third kappa shape index (κ3) is 7.65. The molecule has 2 saturated heterocycles. The highest BCUT2D eigenvalue weighted by molar-refractivity contribution is 9.10. The lowest BCUT2D eigenvalue weighted by Crippen LogP contribution is -2.52. The zero-order valence-corrected chi connectivity index (χ0v) is 31.8. The Balaban J connectivity index is 1.30. The van der Waals surface area contributed by atoms with E-state index in [1.54, 1.807) is 45.2 Å². The average Bonchev–Trinajstić information content (AvgIpc) is 3.50. The first kappa shape index (κ1) is 35.3. The molecule has 4 aromatic rings. The van der Waals surface area contributed by atoms with Crippen LogP contribution in [0.3, 0.4) is 0 Å². The van der Waals surface area contributed by atoms with Gasteiger partial charge < -0.3 is 29.7 Å². The zero-order chi connectivity index (χ0) is 35.0. The molecule has 0 atom stereocenters. The Labute approximate surface area is 296 Å². The molecule has 2 fully saturated rings. The zero-order valence-electron chi connectivity index (χ0n) is 29.3. The topological polar surface area (TPSA) is 104 Å². The number of aromatic nitrogens is 4. The molecular weight excluding hydrogens is 708 g/mol. The molecule has 2 aromatic heterocycles. The van der Waals surface area contributed by atoms with Gasteiger partial charge in [0.25, 0.3) is 0 Å². The second-order valence-corrected chi connectivity index (χ2v) is 17.5. The van der Waals surface area contributed by atoms with Crippen molar-refractivity contribution in [3.63, 3.8) is 0 Å². The minimum Gasteiger partial charge on any atom is -0.494 e. The summed E-state index contributed by atoms with van der Waals surface area (Å²) < 4.78 is 36.5. The van der Waals surface area contributed by atoms with Crippen LogP contribution < -0.4 is 25.6 Å². The maximum Gasteiger partial charge on any atom is 0.229 e. The van der Waals surface area contributed by atoms with E-state index in [1.165, 1.54) is 6.07 Å². The predicted octanol–water partition coefficient (Wildman–Crippen LogP) is 6.36. The summed E-state index contributed by atoms with van der Waals surface area (Å²) in [6.45, 7) is 13.3. The number of benzene rings is 2. The summed E-state index contributed by atoms with van der Waals surface area (Å²) in [4.78, 5) is 16.8. The van der Waals surface area contributed by atoms with Crippen molar-refractivity contribution in [2.75, 3.05) is 82.3 Å². The van der Waals surface area contributed by atoms with E-state index in [4.69, 9.17) is 9.72 Å². The lowest BCUT2D eigenvalue weighted by molar-refractivity contribution is 0.0982. The van der Waals surface area contributed by atoms with E-state index in [1.807, 2.05) is 19.4 Å². The third-order valence-electron chi connectivity index (χ3n) is 9.78. The van der Waals surface area contributed by atoms with Crippen molar-refractivity contribution in [2.45, 2.75) is 32.7 Å². The summed E-state index contributed by atoms with van der Waals surface area (Å²) in [6.07, 6.45) is 7.74. The van der Waals surface area contributed by atoms with Gasteiger partial charge in [-0.3, -0.25) is 9.58 Å². The number of ether oxygens (including phenoxy) is 1. The van der Waals surface area contributed by atoms with Gasteiger partial charge in [-0.1, -0.05) is 0 Å². The molecular formula is C35H46BrFN9O2P. The SMILES string of the molecule is COc1cc(N2CCC(N3CCN(C)CC3)CC2)c(-c2cnn(C)c2)cc1Nc1ncc(Br)c(Nc2cc(F)c(C)c(C)c2P(C)(C)=O)n1. The van der Waals surface area contributed by atoms with Crippen molar-refractivity contribution in [3.05, 3.63) is 58.2 Å². The van der Waals surface area contributed by atoms with Crippen molar-refractivity contribution in [2.24, 2.45) is 7.05 Å². The lowest BCUT2D eigenvalue weighted by Gasteiger charge is -2.43. The van der Waals surface area contributed by atoms with Gasteiger partial charge in [0.15, 0.2) is 0 Å². The number of piperazine rings is 1. The molecule has 262 valence electrons.